The van der Waals surface area contributed by atoms with E-state index in [9.17, 15) is 4.79 Å². The minimum atomic E-state index is -0.488. The number of hydrogen-bond acceptors (Lipinski definition) is 3. The van der Waals surface area contributed by atoms with E-state index in [0.29, 0.717) is 19.0 Å². The molecule has 0 fully saturated rings. The molecule has 0 bridgehead atoms. The van der Waals surface area contributed by atoms with Gasteiger partial charge < -0.3 is 20.7 Å². The first-order valence-corrected chi connectivity index (χ1v) is 8.77. The average Bonchev–Trinajstić information content (AvgIpc) is 2.53. The van der Waals surface area contributed by atoms with Gasteiger partial charge in [0.05, 0.1) is 6.54 Å². The van der Waals surface area contributed by atoms with Gasteiger partial charge >= 0.3 is 6.09 Å². The summed E-state index contributed by atoms with van der Waals surface area (Å²) in [6.45, 7) is 9.59. The molecule has 0 spiro atoms. The third kappa shape index (κ3) is 10.5. The van der Waals surface area contributed by atoms with Crippen LogP contribution in [0.2, 0.25) is 0 Å². The third-order valence-electron chi connectivity index (χ3n) is 3.42. The van der Waals surface area contributed by atoms with E-state index in [1.54, 1.807) is 11.9 Å². The van der Waals surface area contributed by atoms with Crippen LogP contribution < -0.4 is 11.1 Å². The monoisotopic (exact) mass is 476 g/mol. The van der Waals surface area contributed by atoms with Crippen molar-refractivity contribution in [3.63, 3.8) is 0 Å². The standard InChI is InChI=1S/C19H32N4O2.HI/c1-6-7-12-21-17(20)22-13-15-8-10-16(11-9-15)14-23(5)18(24)25-19(2,3)4;/h8-11H,6-7,12-14H2,1-5H3,(H3,20,21,22);1H. The van der Waals surface area contributed by atoms with Crippen LogP contribution in [-0.4, -0.2) is 36.1 Å². The SMILES string of the molecule is CCCCNC(N)=NCc1ccc(CN(C)C(=O)OC(C)(C)C)cc1.I. The van der Waals surface area contributed by atoms with Crippen molar-refractivity contribution in [1.82, 2.24) is 10.2 Å². The predicted molar refractivity (Wildman–Crippen MR) is 118 cm³/mol. The van der Waals surface area contributed by atoms with Gasteiger partial charge in [-0.1, -0.05) is 37.6 Å². The Bertz CT molecular complexity index is 568. The number of nitrogens with two attached hydrogens (primary N) is 1. The summed E-state index contributed by atoms with van der Waals surface area (Å²) in [5, 5.41) is 3.09. The number of halogens is 1. The number of carbonyl (C=O) groups is 1. The van der Waals surface area contributed by atoms with Crippen molar-refractivity contribution in [2.75, 3.05) is 13.6 Å². The van der Waals surface area contributed by atoms with Crippen LogP contribution >= 0.6 is 24.0 Å². The number of nitrogens with zero attached hydrogens (tertiary/aromatic N) is 2. The molecular formula is C19H33IN4O2. The van der Waals surface area contributed by atoms with Crippen molar-refractivity contribution < 1.29 is 9.53 Å². The van der Waals surface area contributed by atoms with Gasteiger partial charge in [-0.25, -0.2) is 9.79 Å². The lowest BCUT2D eigenvalue weighted by molar-refractivity contribution is 0.0285. The number of hydrogen-bond donors (Lipinski definition) is 2. The Morgan fingerprint density at radius 3 is 2.35 bits per heavy atom. The first kappa shape index (κ1) is 24.5. The molecule has 0 atom stereocenters. The minimum Gasteiger partial charge on any atom is -0.444 e. The highest BCUT2D eigenvalue weighted by molar-refractivity contribution is 14.0. The van der Waals surface area contributed by atoms with Crippen molar-refractivity contribution in [1.29, 1.82) is 0 Å². The molecule has 6 nitrogen and oxygen atoms in total. The minimum absolute atomic E-state index is 0. The van der Waals surface area contributed by atoms with Crippen molar-refractivity contribution >= 4 is 36.0 Å². The molecule has 1 aromatic rings. The summed E-state index contributed by atoms with van der Waals surface area (Å²) >= 11 is 0. The number of aliphatic imine (C=N–C) groups is 1. The quantitative estimate of drug-likeness (QED) is 0.271. The summed E-state index contributed by atoms with van der Waals surface area (Å²) < 4.78 is 5.35. The molecule has 1 rings (SSSR count). The molecule has 3 N–H and O–H groups in total. The molecule has 0 aliphatic carbocycles. The molecule has 0 unspecified atom stereocenters. The molecule has 1 aromatic carbocycles. The molecule has 0 aliphatic rings. The summed E-state index contributed by atoms with van der Waals surface area (Å²) in [4.78, 5) is 17.9. The van der Waals surface area contributed by atoms with Crippen LogP contribution in [0.25, 0.3) is 0 Å². The lowest BCUT2D eigenvalue weighted by Gasteiger charge is -2.24. The number of benzene rings is 1. The average molecular weight is 476 g/mol. The number of ether oxygens (including phenoxy) is 1. The van der Waals surface area contributed by atoms with E-state index in [1.807, 2.05) is 45.0 Å². The largest absolute Gasteiger partial charge is 0.444 e. The van der Waals surface area contributed by atoms with Crippen LogP contribution in [0.3, 0.4) is 0 Å². The van der Waals surface area contributed by atoms with Crippen molar-refractivity contribution in [2.24, 2.45) is 10.7 Å². The van der Waals surface area contributed by atoms with Crippen LogP contribution in [0.1, 0.15) is 51.7 Å². The molecule has 0 radical (unpaired) electrons. The third-order valence-corrected chi connectivity index (χ3v) is 3.42. The Morgan fingerprint density at radius 2 is 1.81 bits per heavy atom. The van der Waals surface area contributed by atoms with Gasteiger partial charge in [0, 0.05) is 20.1 Å². The smallest absolute Gasteiger partial charge is 0.410 e. The summed E-state index contributed by atoms with van der Waals surface area (Å²) in [7, 11) is 1.73. The van der Waals surface area contributed by atoms with Gasteiger partial charge in [-0.15, -0.1) is 24.0 Å². The highest BCUT2D eigenvalue weighted by Crippen LogP contribution is 2.12. The Morgan fingerprint density at radius 1 is 1.23 bits per heavy atom. The maximum atomic E-state index is 12.0. The second-order valence-electron chi connectivity index (χ2n) is 7.13. The Kier molecular flexibility index (Phi) is 11.3. The van der Waals surface area contributed by atoms with Gasteiger partial charge in [0.2, 0.25) is 0 Å². The highest BCUT2D eigenvalue weighted by atomic mass is 127. The summed E-state index contributed by atoms with van der Waals surface area (Å²) in [6, 6.07) is 7.99. The van der Waals surface area contributed by atoms with E-state index in [-0.39, 0.29) is 30.1 Å². The highest BCUT2D eigenvalue weighted by Gasteiger charge is 2.19. The Labute approximate surface area is 174 Å². The van der Waals surface area contributed by atoms with Gasteiger partial charge in [0.15, 0.2) is 5.96 Å². The van der Waals surface area contributed by atoms with E-state index in [1.165, 1.54) is 0 Å². The van der Waals surface area contributed by atoms with Gasteiger partial charge in [-0.3, -0.25) is 0 Å². The second kappa shape index (κ2) is 12.0. The first-order valence-electron chi connectivity index (χ1n) is 8.77. The number of amides is 1. The van der Waals surface area contributed by atoms with Gasteiger partial charge in [-0.2, -0.15) is 0 Å². The maximum absolute atomic E-state index is 12.0. The van der Waals surface area contributed by atoms with Crippen LogP contribution in [0, 0.1) is 0 Å². The van der Waals surface area contributed by atoms with E-state index in [4.69, 9.17) is 10.5 Å². The molecule has 0 saturated carbocycles. The second-order valence-corrected chi connectivity index (χ2v) is 7.13. The number of rotatable bonds is 7. The Hall–Kier alpha value is -1.51. The van der Waals surface area contributed by atoms with Crippen LogP contribution in [0.5, 0.6) is 0 Å². The van der Waals surface area contributed by atoms with Crippen LogP contribution in [-0.2, 0) is 17.8 Å². The summed E-state index contributed by atoms with van der Waals surface area (Å²) in [5.41, 5.74) is 7.45. The van der Waals surface area contributed by atoms with Crippen molar-refractivity contribution in [3.8, 4) is 0 Å². The number of guanidine groups is 1. The molecule has 0 aromatic heterocycles. The number of unbranched alkanes of at least 4 members (excludes halogenated alkanes) is 1. The lowest BCUT2D eigenvalue weighted by atomic mass is 10.1. The Balaban J connectivity index is 0.00000625. The van der Waals surface area contributed by atoms with Gasteiger partial charge in [0.1, 0.15) is 5.60 Å². The van der Waals surface area contributed by atoms with E-state index in [0.717, 1.165) is 30.5 Å². The summed E-state index contributed by atoms with van der Waals surface area (Å²) in [6.07, 6.45) is 1.88. The zero-order chi connectivity index (χ0) is 18.9. The fraction of sp³-hybridized carbons (Fsp3) is 0.579. The summed E-state index contributed by atoms with van der Waals surface area (Å²) in [5.74, 6) is 0.474. The van der Waals surface area contributed by atoms with Crippen molar-refractivity contribution in [2.45, 2.75) is 59.2 Å². The van der Waals surface area contributed by atoms with Crippen LogP contribution in [0.15, 0.2) is 29.3 Å². The first-order chi connectivity index (χ1) is 11.7. The molecule has 26 heavy (non-hydrogen) atoms. The number of carbonyl (C=O) groups excluding carboxylic acids is 1. The normalized spacial score (nSPS) is 11.5. The molecule has 1 amide bonds. The fourth-order valence-corrected chi connectivity index (χ4v) is 2.05. The molecular weight excluding hydrogens is 443 g/mol. The molecule has 0 saturated heterocycles. The molecule has 0 aliphatic heterocycles. The lowest BCUT2D eigenvalue weighted by Crippen LogP contribution is -2.33. The van der Waals surface area contributed by atoms with Gasteiger partial charge in [0.25, 0.3) is 0 Å². The van der Waals surface area contributed by atoms with Crippen LogP contribution in [0.4, 0.5) is 4.79 Å². The van der Waals surface area contributed by atoms with Gasteiger partial charge in [-0.05, 0) is 38.3 Å². The van der Waals surface area contributed by atoms with E-state index in [2.05, 4.69) is 17.2 Å². The maximum Gasteiger partial charge on any atom is 0.410 e. The zero-order valence-corrected chi connectivity index (χ0v) is 18.9. The zero-order valence-electron chi connectivity index (χ0n) is 16.5. The topological polar surface area (TPSA) is 80.0 Å². The fourth-order valence-electron chi connectivity index (χ4n) is 2.05. The van der Waals surface area contributed by atoms with Crippen molar-refractivity contribution in [3.05, 3.63) is 35.4 Å². The predicted octanol–water partition coefficient (Wildman–Crippen LogP) is 3.88. The van der Waals surface area contributed by atoms with E-state index >= 15 is 0 Å². The molecule has 0 heterocycles. The van der Waals surface area contributed by atoms with E-state index < -0.39 is 5.60 Å². The number of nitrogens with one attached hydrogen (secondary N) is 1. The molecule has 7 heteroatoms. The molecule has 148 valence electrons.